The first-order valence-corrected chi connectivity index (χ1v) is 8.53. The molecule has 0 fully saturated rings. The predicted molar refractivity (Wildman–Crippen MR) is 102 cm³/mol. The summed E-state index contributed by atoms with van der Waals surface area (Å²) in [4.78, 5) is 34.9. The summed E-state index contributed by atoms with van der Waals surface area (Å²) < 4.78 is 5.64. The molecule has 9 heteroatoms. The Morgan fingerprint density at radius 3 is 2.25 bits per heavy atom. The van der Waals surface area contributed by atoms with Crippen LogP contribution in [0.3, 0.4) is 0 Å². The number of hydrazine groups is 1. The fraction of sp³-hybridized carbons (Fsp3) is 0.0526. The van der Waals surface area contributed by atoms with Crippen molar-refractivity contribution in [2.24, 2.45) is 0 Å². The zero-order valence-electron chi connectivity index (χ0n) is 14.4. The van der Waals surface area contributed by atoms with E-state index in [1.165, 1.54) is 6.07 Å². The van der Waals surface area contributed by atoms with Crippen molar-refractivity contribution in [2.45, 2.75) is 6.61 Å². The molecule has 28 heavy (non-hydrogen) atoms. The first-order valence-electron chi connectivity index (χ1n) is 8.15. The first-order chi connectivity index (χ1) is 13.5. The molecule has 0 saturated heterocycles. The van der Waals surface area contributed by atoms with Gasteiger partial charge in [0.25, 0.3) is 17.4 Å². The molecular weight excluding hydrogens is 384 g/mol. The number of benzene rings is 2. The number of nitrogens with one attached hydrogen (secondary N) is 3. The highest BCUT2D eigenvalue weighted by Gasteiger charge is 2.10. The SMILES string of the molecule is O=C(NNC(=O)c1ccc(=O)[nH]n1)c1ccc(COc2ccc(Cl)cc2)cc1. The molecule has 1 aromatic heterocycles. The molecule has 0 aliphatic heterocycles. The van der Waals surface area contributed by atoms with E-state index in [1.807, 2.05) is 0 Å². The lowest BCUT2D eigenvalue weighted by molar-refractivity contribution is 0.0843. The van der Waals surface area contributed by atoms with Crippen LogP contribution in [0.25, 0.3) is 0 Å². The Labute approximate surface area is 164 Å². The number of aromatic nitrogens is 2. The number of halogens is 1. The average Bonchev–Trinajstić information content (AvgIpc) is 2.72. The van der Waals surface area contributed by atoms with Crippen LogP contribution in [0.4, 0.5) is 0 Å². The minimum absolute atomic E-state index is 0.0328. The van der Waals surface area contributed by atoms with Crippen LogP contribution in [0.2, 0.25) is 5.02 Å². The summed E-state index contributed by atoms with van der Waals surface area (Å²) in [6.45, 7) is 0.331. The van der Waals surface area contributed by atoms with Crippen molar-refractivity contribution in [3.63, 3.8) is 0 Å². The summed E-state index contributed by atoms with van der Waals surface area (Å²) in [5.41, 5.74) is 5.26. The van der Waals surface area contributed by atoms with Gasteiger partial charge in [-0.05, 0) is 48.0 Å². The third kappa shape index (κ3) is 5.18. The topological polar surface area (TPSA) is 113 Å². The van der Waals surface area contributed by atoms with E-state index >= 15 is 0 Å². The second-order valence-electron chi connectivity index (χ2n) is 5.65. The second kappa shape index (κ2) is 8.83. The maximum atomic E-state index is 12.1. The molecule has 0 saturated carbocycles. The molecule has 142 valence electrons. The summed E-state index contributed by atoms with van der Waals surface area (Å²) in [6.07, 6.45) is 0. The molecule has 8 nitrogen and oxygen atoms in total. The molecule has 0 aliphatic rings. The molecule has 2 aromatic carbocycles. The van der Waals surface area contributed by atoms with Crippen LogP contribution in [0.15, 0.2) is 65.5 Å². The summed E-state index contributed by atoms with van der Waals surface area (Å²) in [5, 5.41) is 6.33. The summed E-state index contributed by atoms with van der Waals surface area (Å²) in [6, 6.07) is 16.1. The minimum atomic E-state index is -0.655. The van der Waals surface area contributed by atoms with Crippen LogP contribution >= 0.6 is 11.6 Å². The molecule has 0 atom stereocenters. The molecule has 0 bridgehead atoms. The van der Waals surface area contributed by atoms with E-state index in [2.05, 4.69) is 21.0 Å². The van der Waals surface area contributed by atoms with Gasteiger partial charge in [0, 0.05) is 16.7 Å². The zero-order chi connectivity index (χ0) is 19.9. The highest BCUT2D eigenvalue weighted by molar-refractivity contribution is 6.30. The van der Waals surface area contributed by atoms with E-state index in [0.29, 0.717) is 22.9 Å². The standard InChI is InChI=1S/C19H15ClN4O4/c20-14-5-7-15(8-6-14)28-11-12-1-3-13(4-2-12)18(26)23-24-19(27)16-9-10-17(25)22-21-16/h1-10H,11H2,(H,22,25)(H,23,26)(H,24,27). The number of H-pyrrole nitrogens is 1. The van der Waals surface area contributed by atoms with Crippen LogP contribution in [-0.4, -0.2) is 22.0 Å². The van der Waals surface area contributed by atoms with Gasteiger partial charge in [0.15, 0.2) is 5.69 Å². The predicted octanol–water partition coefficient (Wildman–Crippen LogP) is 2.08. The zero-order valence-corrected chi connectivity index (χ0v) is 15.2. The number of carbonyl (C=O) groups is 2. The smallest absolute Gasteiger partial charge is 0.290 e. The van der Waals surface area contributed by atoms with Crippen molar-refractivity contribution in [3.05, 3.63) is 92.9 Å². The second-order valence-corrected chi connectivity index (χ2v) is 6.09. The van der Waals surface area contributed by atoms with Crippen molar-refractivity contribution in [1.82, 2.24) is 21.0 Å². The van der Waals surface area contributed by atoms with E-state index in [9.17, 15) is 14.4 Å². The Morgan fingerprint density at radius 1 is 0.929 bits per heavy atom. The molecule has 3 aromatic rings. The Morgan fingerprint density at radius 2 is 1.61 bits per heavy atom. The van der Waals surface area contributed by atoms with Gasteiger partial charge in [-0.15, -0.1) is 0 Å². The van der Waals surface area contributed by atoms with E-state index in [-0.39, 0.29) is 5.69 Å². The molecule has 0 unspecified atom stereocenters. The Bertz CT molecular complexity index is 1010. The number of hydrogen-bond acceptors (Lipinski definition) is 5. The number of nitrogens with zero attached hydrogens (tertiary/aromatic N) is 1. The minimum Gasteiger partial charge on any atom is -0.489 e. The third-order valence-corrected chi connectivity index (χ3v) is 3.89. The number of rotatable bonds is 5. The van der Waals surface area contributed by atoms with Crippen LogP contribution in [-0.2, 0) is 6.61 Å². The summed E-state index contributed by atoms with van der Waals surface area (Å²) >= 11 is 5.82. The quantitative estimate of drug-likeness (QED) is 0.569. The Balaban J connectivity index is 1.51. The van der Waals surface area contributed by atoms with Gasteiger partial charge in [-0.2, -0.15) is 5.10 Å². The Hall–Kier alpha value is -3.65. The normalized spacial score (nSPS) is 10.2. The van der Waals surface area contributed by atoms with Crippen LogP contribution in [0.5, 0.6) is 5.75 Å². The highest BCUT2D eigenvalue weighted by Crippen LogP contribution is 2.17. The van der Waals surface area contributed by atoms with Gasteiger partial charge < -0.3 is 4.74 Å². The van der Waals surface area contributed by atoms with Crippen molar-refractivity contribution in [2.75, 3.05) is 0 Å². The van der Waals surface area contributed by atoms with Gasteiger partial charge in [-0.3, -0.25) is 25.2 Å². The molecule has 0 aliphatic carbocycles. The fourth-order valence-corrected chi connectivity index (χ4v) is 2.30. The van der Waals surface area contributed by atoms with Crippen LogP contribution in [0, 0.1) is 0 Å². The lowest BCUT2D eigenvalue weighted by atomic mass is 10.1. The Kier molecular flexibility index (Phi) is 6.03. The molecule has 0 spiro atoms. The monoisotopic (exact) mass is 398 g/mol. The fourth-order valence-electron chi connectivity index (χ4n) is 2.17. The molecule has 0 radical (unpaired) electrons. The molecule has 1 heterocycles. The molecule has 2 amide bonds. The lowest BCUT2D eigenvalue weighted by Crippen LogP contribution is -2.42. The van der Waals surface area contributed by atoms with Gasteiger partial charge in [0.1, 0.15) is 12.4 Å². The van der Waals surface area contributed by atoms with Gasteiger partial charge in [-0.25, -0.2) is 5.10 Å². The number of ether oxygens (including phenoxy) is 1. The first kappa shape index (κ1) is 19.1. The van der Waals surface area contributed by atoms with E-state index in [4.69, 9.17) is 16.3 Å². The average molecular weight is 399 g/mol. The van der Waals surface area contributed by atoms with Gasteiger partial charge >= 0.3 is 0 Å². The van der Waals surface area contributed by atoms with Gasteiger partial charge in [-0.1, -0.05) is 23.7 Å². The van der Waals surface area contributed by atoms with Crippen molar-refractivity contribution >= 4 is 23.4 Å². The van der Waals surface area contributed by atoms with Crippen molar-refractivity contribution in [3.8, 4) is 5.75 Å². The summed E-state index contributed by atoms with van der Waals surface area (Å²) in [7, 11) is 0. The van der Waals surface area contributed by atoms with Crippen molar-refractivity contribution in [1.29, 1.82) is 0 Å². The summed E-state index contributed by atoms with van der Waals surface area (Å²) in [5.74, 6) is -0.467. The number of hydrogen-bond donors (Lipinski definition) is 3. The molecule has 3 rings (SSSR count). The number of carbonyl (C=O) groups excluding carboxylic acids is 2. The molecule has 3 N–H and O–H groups in total. The number of aromatic amines is 1. The lowest BCUT2D eigenvalue weighted by Gasteiger charge is -2.08. The van der Waals surface area contributed by atoms with Gasteiger partial charge in [0.2, 0.25) is 0 Å². The van der Waals surface area contributed by atoms with Crippen molar-refractivity contribution < 1.29 is 14.3 Å². The third-order valence-electron chi connectivity index (χ3n) is 3.64. The maximum Gasteiger partial charge on any atom is 0.290 e. The van der Waals surface area contributed by atoms with Crippen LogP contribution < -0.4 is 21.1 Å². The van der Waals surface area contributed by atoms with E-state index in [0.717, 1.165) is 11.6 Å². The van der Waals surface area contributed by atoms with E-state index in [1.54, 1.807) is 48.5 Å². The van der Waals surface area contributed by atoms with E-state index < -0.39 is 17.4 Å². The van der Waals surface area contributed by atoms with Gasteiger partial charge in [0.05, 0.1) is 0 Å². The molecular formula is C19H15ClN4O4. The number of amides is 2. The highest BCUT2D eigenvalue weighted by atomic mass is 35.5. The largest absolute Gasteiger partial charge is 0.489 e. The van der Waals surface area contributed by atoms with Crippen LogP contribution in [0.1, 0.15) is 26.4 Å². The maximum absolute atomic E-state index is 12.1.